The molecule has 4 heteroatoms. The maximum Gasteiger partial charge on any atom is 0.171 e. The fourth-order valence-corrected chi connectivity index (χ4v) is 2.54. The van der Waals surface area contributed by atoms with Crippen molar-refractivity contribution in [2.45, 2.75) is 18.1 Å². The van der Waals surface area contributed by atoms with Gasteiger partial charge in [-0.1, -0.05) is 5.16 Å². The quantitative estimate of drug-likeness (QED) is 0.658. The van der Waals surface area contributed by atoms with Crippen molar-refractivity contribution in [1.29, 1.82) is 0 Å². The summed E-state index contributed by atoms with van der Waals surface area (Å²) in [6.07, 6.45) is 3.08. The first-order valence-electron chi connectivity index (χ1n) is 3.93. The van der Waals surface area contributed by atoms with E-state index in [0.29, 0.717) is 17.2 Å². The van der Waals surface area contributed by atoms with Crippen molar-refractivity contribution in [2.75, 3.05) is 5.75 Å². The molecule has 2 rings (SSSR count). The van der Waals surface area contributed by atoms with Crippen LogP contribution in [-0.2, 0) is 0 Å². The van der Waals surface area contributed by atoms with Gasteiger partial charge in [0.25, 0.3) is 0 Å². The Morgan fingerprint density at radius 3 is 3.25 bits per heavy atom. The van der Waals surface area contributed by atoms with Gasteiger partial charge in [0.05, 0.1) is 5.25 Å². The van der Waals surface area contributed by atoms with Crippen molar-refractivity contribution in [2.24, 2.45) is 0 Å². The van der Waals surface area contributed by atoms with Crippen LogP contribution in [0.5, 0.6) is 0 Å². The Bertz CT molecular complexity index is 278. The van der Waals surface area contributed by atoms with Crippen LogP contribution in [0, 0.1) is 0 Å². The van der Waals surface area contributed by atoms with E-state index in [2.05, 4.69) is 5.16 Å². The third kappa shape index (κ3) is 1.39. The molecule has 1 aliphatic heterocycles. The SMILES string of the molecule is O=Cc1cc(C2CCCS2)on1. The average molecular weight is 183 g/mol. The Hall–Kier alpha value is -0.770. The van der Waals surface area contributed by atoms with E-state index in [0.717, 1.165) is 12.2 Å². The van der Waals surface area contributed by atoms with Gasteiger partial charge < -0.3 is 4.52 Å². The van der Waals surface area contributed by atoms with Crippen molar-refractivity contribution in [3.8, 4) is 0 Å². The molecule has 12 heavy (non-hydrogen) atoms. The normalized spacial score (nSPS) is 22.8. The van der Waals surface area contributed by atoms with Gasteiger partial charge in [-0.2, -0.15) is 11.8 Å². The van der Waals surface area contributed by atoms with Gasteiger partial charge in [-0.05, 0) is 18.6 Å². The number of thioether (sulfide) groups is 1. The van der Waals surface area contributed by atoms with E-state index in [-0.39, 0.29) is 0 Å². The van der Waals surface area contributed by atoms with E-state index >= 15 is 0 Å². The lowest BCUT2D eigenvalue weighted by molar-refractivity contribution is 0.111. The van der Waals surface area contributed by atoms with Gasteiger partial charge in [0.2, 0.25) is 0 Å². The number of carbonyl (C=O) groups excluding carboxylic acids is 1. The highest BCUT2D eigenvalue weighted by molar-refractivity contribution is 7.99. The predicted octanol–water partition coefficient (Wildman–Crippen LogP) is 2.06. The van der Waals surface area contributed by atoms with Crippen molar-refractivity contribution in [3.05, 3.63) is 17.5 Å². The highest BCUT2D eigenvalue weighted by atomic mass is 32.2. The number of hydrogen-bond donors (Lipinski definition) is 0. The van der Waals surface area contributed by atoms with E-state index in [4.69, 9.17) is 4.52 Å². The minimum Gasteiger partial charge on any atom is -0.359 e. The molecule has 1 aromatic rings. The molecule has 1 saturated heterocycles. The van der Waals surface area contributed by atoms with E-state index in [1.54, 1.807) is 6.07 Å². The van der Waals surface area contributed by atoms with Crippen LogP contribution in [0.2, 0.25) is 0 Å². The largest absolute Gasteiger partial charge is 0.359 e. The zero-order chi connectivity index (χ0) is 8.39. The molecule has 0 radical (unpaired) electrons. The molecule has 0 N–H and O–H groups in total. The van der Waals surface area contributed by atoms with Crippen molar-refractivity contribution in [1.82, 2.24) is 5.16 Å². The molecule has 1 aliphatic rings. The van der Waals surface area contributed by atoms with E-state index in [9.17, 15) is 4.79 Å². The topological polar surface area (TPSA) is 43.1 Å². The molecule has 1 atom stereocenters. The second-order valence-corrected chi connectivity index (χ2v) is 4.08. The zero-order valence-corrected chi connectivity index (χ0v) is 7.34. The predicted molar refractivity (Wildman–Crippen MR) is 46.3 cm³/mol. The average Bonchev–Trinajstić information content (AvgIpc) is 2.75. The maximum absolute atomic E-state index is 10.3. The van der Waals surface area contributed by atoms with Crippen LogP contribution in [-0.4, -0.2) is 17.2 Å². The summed E-state index contributed by atoms with van der Waals surface area (Å²) in [7, 11) is 0. The van der Waals surface area contributed by atoms with E-state index in [1.165, 1.54) is 12.2 Å². The minimum absolute atomic E-state index is 0.400. The lowest BCUT2D eigenvalue weighted by Gasteiger charge is -1.99. The van der Waals surface area contributed by atoms with Crippen molar-refractivity contribution >= 4 is 18.0 Å². The molecule has 1 unspecified atom stereocenters. The molecule has 1 aromatic heterocycles. The summed E-state index contributed by atoms with van der Waals surface area (Å²) in [6.45, 7) is 0. The molecule has 64 valence electrons. The molecule has 0 spiro atoms. The van der Waals surface area contributed by atoms with Gasteiger partial charge in [-0.25, -0.2) is 0 Å². The number of rotatable bonds is 2. The molecular weight excluding hydrogens is 174 g/mol. The van der Waals surface area contributed by atoms with Crippen LogP contribution in [0.1, 0.15) is 34.3 Å². The van der Waals surface area contributed by atoms with Crippen LogP contribution in [0.3, 0.4) is 0 Å². The molecule has 1 fully saturated rings. The van der Waals surface area contributed by atoms with E-state index < -0.39 is 0 Å². The Morgan fingerprint density at radius 1 is 1.75 bits per heavy atom. The Kier molecular flexibility index (Phi) is 2.17. The lowest BCUT2D eigenvalue weighted by atomic mass is 10.2. The molecule has 0 aliphatic carbocycles. The second-order valence-electron chi connectivity index (χ2n) is 2.77. The van der Waals surface area contributed by atoms with Crippen LogP contribution < -0.4 is 0 Å². The number of aromatic nitrogens is 1. The summed E-state index contributed by atoms with van der Waals surface area (Å²) in [4.78, 5) is 10.3. The number of hydrogen-bond acceptors (Lipinski definition) is 4. The number of nitrogens with zero attached hydrogens (tertiary/aromatic N) is 1. The molecule has 2 heterocycles. The summed E-state index contributed by atoms with van der Waals surface area (Å²) in [5.41, 5.74) is 0.400. The van der Waals surface area contributed by atoms with E-state index in [1.807, 2.05) is 11.8 Å². The lowest BCUT2D eigenvalue weighted by Crippen LogP contribution is -1.83. The Labute approximate surface area is 74.5 Å². The highest BCUT2D eigenvalue weighted by Gasteiger charge is 2.21. The number of carbonyl (C=O) groups is 1. The van der Waals surface area contributed by atoms with Crippen molar-refractivity contribution in [3.63, 3.8) is 0 Å². The smallest absolute Gasteiger partial charge is 0.171 e. The summed E-state index contributed by atoms with van der Waals surface area (Å²) in [5, 5.41) is 4.05. The summed E-state index contributed by atoms with van der Waals surface area (Å²) < 4.78 is 5.04. The Balaban J connectivity index is 2.16. The zero-order valence-electron chi connectivity index (χ0n) is 6.53. The monoisotopic (exact) mass is 183 g/mol. The molecular formula is C8H9NO2S. The van der Waals surface area contributed by atoms with Crippen molar-refractivity contribution < 1.29 is 9.32 Å². The first kappa shape index (κ1) is 7.86. The molecule has 0 amide bonds. The minimum atomic E-state index is 0.400. The molecule has 3 nitrogen and oxygen atoms in total. The second kappa shape index (κ2) is 3.31. The number of aldehydes is 1. The fourth-order valence-electron chi connectivity index (χ4n) is 1.31. The van der Waals surface area contributed by atoms with Gasteiger partial charge in [0, 0.05) is 6.07 Å². The summed E-state index contributed by atoms with van der Waals surface area (Å²) in [5.74, 6) is 2.03. The standard InChI is InChI=1S/C8H9NO2S/c10-5-6-4-7(11-9-6)8-2-1-3-12-8/h4-5,8H,1-3H2. The maximum atomic E-state index is 10.3. The third-order valence-electron chi connectivity index (χ3n) is 1.91. The molecule has 0 aromatic carbocycles. The third-order valence-corrected chi connectivity index (χ3v) is 3.31. The first-order valence-corrected chi connectivity index (χ1v) is 4.98. The molecule has 0 saturated carbocycles. The Morgan fingerprint density at radius 2 is 2.67 bits per heavy atom. The first-order chi connectivity index (χ1) is 5.90. The van der Waals surface area contributed by atoms with Crippen LogP contribution in [0.15, 0.2) is 10.6 Å². The van der Waals surface area contributed by atoms with Crippen LogP contribution in [0.25, 0.3) is 0 Å². The summed E-state index contributed by atoms with van der Waals surface area (Å²) in [6, 6.07) is 1.73. The van der Waals surface area contributed by atoms with Gasteiger partial charge in [-0.3, -0.25) is 4.79 Å². The van der Waals surface area contributed by atoms with Gasteiger partial charge in [0.15, 0.2) is 6.29 Å². The highest BCUT2D eigenvalue weighted by Crippen LogP contribution is 2.39. The fraction of sp³-hybridized carbons (Fsp3) is 0.500. The van der Waals surface area contributed by atoms with Gasteiger partial charge in [0.1, 0.15) is 11.5 Å². The van der Waals surface area contributed by atoms with Gasteiger partial charge >= 0.3 is 0 Å². The van der Waals surface area contributed by atoms with Crippen LogP contribution in [0.4, 0.5) is 0 Å². The molecule has 0 bridgehead atoms. The van der Waals surface area contributed by atoms with Crippen LogP contribution >= 0.6 is 11.8 Å². The summed E-state index contributed by atoms with van der Waals surface area (Å²) >= 11 is 1.87. The van der Waals surface area contributed by atoms with Gasteiger partial charge in [-0.15, -0.1) is 0 Å².